The number of carbonyl (C=O) groups is 1. The minimum absolute atomic E-state index is 0.182. The predicted octanol–water partition coefficient (Wildman–Crippen LogP) is 3.61. The minimum atomic E-state index is -0.819. The molecule has 1 atom stereocenters. The second-order valence-electron chi connectivity index (χ2n) is 8.97. The van der Waals surface area contributed by atoms with Gasteiger partial charge in [0.2, 0.25) is 5.75 Å². The fourth-order valence-electron chi connectivity index (χ4n) is 4.98. The zero-order chi connectivity index (χ0) is 27.8. The smallest absolute Gasteiger partial charge is 0.338 e. The van der Waals surface area contributed by atoms with Crippen molar-refractivity contribution in [2.75, 3.05) is 27.9 Å². The maximum Gasteiger partial charge on any atom is 0.338 e. The number of esters is 1. The number of thiazole rings is 1. The Morgan fingerprint density at radius 1 is 1.10 bits per heavy atom. The number of para-hydroxylation sites is 1. The van der Waals surface area contributed by atoms with Crippen LogP contribution < -0.4 is 29.1 Å². The number of carbonyl (C=O) groups excluding carboxylic acids is 1. The van der Waals surface area contributed by atoms with E-state index in [1.165, 1.54) is 32.7 Å². The van der Waals surface area contributed by atoms with Crippen molar-refractivity contribution in [3.8, 4) is 17.2 Å². The lowest BCUT2D eigenvalue weighted by Gasteiger charge is -2.26. The molecule has 0 radical (unpaired) electrons. The van der Waals surface area contributed by atoms with E-state index in [2.05, 4.69) is 9.98 Å². The molecule has 0 amide bonds. The van der Waals surface area contributed by atoms with Crippen molar-refractivity contribution in [1.82, 2.24) is 9.55 Å². The number of methoxy groups -OCH3 is 3. The van der Waals surface area contributed by atoms with Gasteiger partial charge in [0.1, 0.15) is 0 Å². The summed E-state index contributed by atoms with van der Waals surface area (Å²) in [4.78, 5) is 35.8. The molecule has 2 aromatic carbocycles. The van der Waals surface area contributed by atoms with Gasteiger partial charge in [0.15, 0.2) is 16.3 Å². The molecule has 39 heavy (non-hydrogen) atoms. The van der Waals surface area contributed by atoms with Crippen LogP contribution in [0, 0.1) is 6.92 Å². The Morgan fingerprint density at radius 3 is 2.44 bits per heavy atom. The number of allylic oxidation sites excluding steroid dienone is 1. The molecule has 5 rings (SSSR count). The van der Waals surface area contributed by atoms with Crippen molar-refractivity contribution < 1.29 is 23.7 Å². The summed E-state index contributed by atoms with van der Waals surface area (Å²) < 4.78 is 24.1. The van der Waals surface area contributed by atoms with Crippen LogP contribution in [0.15, 0.2) is 57.5 Å². The molecule has 10 heteroatoms. The summed E-state index contributed by atoms with van der Waals surface area (Å²) in [5, 5.41) is 1.02. The molecule has 202 valence electrons. The Balaban J connectivity index is 1.80. The first-order chi connectivity index (χ1) is 18.8. The van der Waals surface area contributed by atoms with Crippen molar-refractivity contribution in [1.29, 1.82) is 0 Å². The highest BCUT2D eigenvalue weighted by atomic mass is 32.1. The van der Waals surface area contributed by atoms with Gasteiger partial charge in [-0.1, -0.05) is 29.5 Å². The molecule has 0 saturated heterocycles. The number of aryl methyl sites for hydroxylation is 1. The highest BCUT2D eigenvalue weighted by Crippen LogP contribution is 2.42. The van der Waals surface area contributed by atoms with E-state index in [4.69, 9.17) is 18.9 Å². The lowest BCUT2D eigenvalue weighted by Crippen LogP contribution is -2.40. The lowest BCUT2D eigenvalue weighted by molar-refractivity contribution is -0.139. The lowest BCUT2D eigenvalue weighted by atomic mass is 9.95. The zero-order valence-corrected chi connectivity index (χ0v) is 23.4. The molecule has 0 fully saturated rings. The maximum atomic E-state index is 14.0. The summed E-state index contributed by atoms with van der Waals surface area (Å²) in [6.07, 6.45) is 1.88. The Labute approximate surface area is 228 Å². The van der Waals surface area contributed by atoms with Crippen LogP contribution in [-0.2, 0) is 9.53 Å². The van der Waals surface area contributed by atoms with Gasteiger partial charge in [-0.3, -0.25) is 9.36 Å². The normalized spacial score (nSPS) is 15.2. The number of H-pyrrole nitrogens is 1. The van der Waals surface area contributed by atoms with Crippen LogP contribution >= 0.6 is 11.3 Å². The van der Waals surface area contributed by atoms with Gasteiger partial charge in [-0.25, -0.2) is 9.79 Å². The number of nitrogens with one attached hydrogen (secondary N) is 1. The minimum Gasteiger partial charge on any atom is -0.493 e. The Kier molecular flexibility index (Phi) is 7.05. The largest absolute Gasteiger partial charge is 0.493 e. The molecule has 1 unspecified atom stereocenters. The summed E-state index contributed by atoms with van der Waals surface area (Å²) >= 11 is 1.28. The van der Waals surface area contributed by atoms with Gasteiger partial charge in [-0.15, -0.1) is 0 Å². The van der Waals surface area contributed by atoms with Gasteiger partial charge < -0.3 is 23.9 Å². The van der Waals surface area contributed by atoms with Gasteiger partial charge in [-0.05, 0) is 50.6 Å². The first-order valence-corrected chi connectivity index (χ1v) is 13.2. The molecule has 1 aliphatic heterocycles. The molecular weight excluding hydrogens is 518 g/mol. The number of hydrogen-bond donors (Lipinski definition) is 1. The van der Waals surface area contributed by atoms with E-state index in [0.29, 0.717) is 37.8 Å². The van der Waals surface area contributed by atoms with Crippen molar-refractivity contribution in [2.45, 2.75) is 26.8 Å². The number of aromatic amines is 1. The average Bonchev–Trinajstić information content (AvgIpc) is 3.42. The van der Waals surface area contributed by atoms with Crippen LogP contribution in [0.4, 0.5) is 0 Å². The molecule has 4 aromatic rings. The fourth-order valence-corrected chi connectivity index (χ4v) is 6.01. The molecule has 0 aliphatic carbocycles. The third-order valence-electron chi connectivity index (χ3n) is 6.74. The summed E-state index contributed by atoms with van der Waals surface area (Å²) in [5.74, 6) is 0.672. The second-order valence-corrected chi connectivity index (χ2v) is 9.98. The summed E-state index contributed by atoms with van der Waals surface area (Å²) in [7, 11) is 4.55. The van der Waals surface area contributed by atoms with E-state index in [9.17, 15) is 9.59 Å². The molecule has 0 spiro atoms. The van der Waals surface area contributed by atoms with Crippen LogP contribution in [-0.4, -0.2) is 43.5 Å². The third kappa shape index (κ3) is 4.40. The van der Waals surface area contributed by atoms with Crippen LogP contribution in [0.25, 0.3) is 17.0 Å². The number of ether oxygens (including phenoxy) is 4. The number of hydrogen-bond acceptors (Lipinski definition) is 8. The summed E-state index contributed by atoms with van der Waals surface area (Å²) in [5.41, 5.74) is 3.95. The summed E-state index contributed by atoms with van der Waals surface area (Å²) in [6, 6.07) is 10.6. The van der Waals surface area contributed by atoms with E-state index < -0.39 is 12.0 Å². The molecule has 1 aliphatic rings. The molecule has 0 bridgehead atoms. The Bertz CT molecular complexity index is 1790. The number of fused-ring (bicyclic) bond motifs is 2. The molecule has 3 heterocycles. The van der Waals surface area contributed by atoms with Gasteiger partial charge in [0.05, 0.1) is 49.8 Å². The zero-order valence-electron chi connectivity index (χ0n) is 22.6. The van der Waals surface area contributed by atoms with Crippen LogP contribution in [0.3, 0.4) is 0 Å². The maximum absolute atomic E-state index is 14.0. The van der Waals surface area contributed by atoms with Gasteiger partial charge in [-0.2, -0.15) is 0 Å². The van der Waals surface area contributed by atoms with E-state index >= 15 is 0 Å². The summed E-state index contributed by atoms with van der Waals surface area (Å²) in [6.45, 7) is 5.64. The first kappa shape index (κ1) is 26.3. The topological polar surface area (TPSA) is 104 Å². The van der Waals surface area contributed by atoms with E-state index in [1.54, 1.807) is 30.5 Å². The van der Waals surface area contributed by atoms with E-state index in [0.717, 1.165) is 22.2 Å². The Hall–Kier alpha value is -4.31. The van der Waals surface area contributed by atoms with Crippen molar-refractivity contribution in [3.05, 3.63) is 84.2 Å². The standard InChI is InChI=1S/C29H29N3O6S/c1-7-38-28(34)24-16(3)31-29-32(25(24)17-12-21(35-4)26(37-6)22(13-17)36-5)27(33)23(39-29)14-19-15(2)30-20-11-9-8-10-18(19)20/h8-14,25,30H,7H2,1-6H3. The molecule has 1 N–H and O–H groups in total. The first-order valence-electron chi connectivity index (χ1n) is 12.4. The second kappa shape index (κ2) is 10.5. The van der Waals surface area contributed by atoms with Crippen LogP contribution in [0.1, 0.15) is 36.7 Å². The number of aromatic nitrogens is 2. The van der Waals surface area contributed by atoms with Crippen LogP contribution in [0.2, 0.25) is 0 Å². The third-order valence-corrected chi connectivity index (χ3v) is 7.72. The average molecular weight is 548 g/mol. The number of benzene rings is 2. The Morgan fingerprint density at radius 2 is 1.79 bits per heavy atom. The molecule has 2 aromatic heterocycles. The number of rotatable bonds is 7. The molecular formula is C29H29N3O6S. The van der Waals surface area contributed by atoms with Gasteiger partial charge in [0.25, 0.3) is 5.56 Å². The van der Waals surface area contributed by atoms with Crippen LogP contribution in [0.5, 0.6) is 17.2 Å². The van der Waals surface area contributed by atoms with Gasteiger partial charge in [0, 0.05) is 22.2 Å². The molecule has 9 nitrogen and oxygen atoms in total. The monoisotopic (exact) mass is 547 g/mol. The predicted molar refractivity (Wildman–Crippen MR) is 150 cm³/mol. The highest BCUT2D eigenvalue weighted by molar-refractivity contribution is 7.07. The van der Waals surface area contributed by atoms with Crippen molar-refractivity contribution in [2.24, 2.45) is 4.99 Å². The number of nitrogens with zero attached hydrogens (tertiary/aromatic N) is 2. The van der Waals surface area contributed by atoms with E-state index in [-0.39, 0.29) is 17.7 Å². The fraction of sp³-hybridized carbons (Fsp3) is 0.276. The van der Waals surface area contributed by atoms with Gasteiger partial charge >= 0.3 is 5.97 Å². The van der Waals surface area contributed by atoms with E-state index in [1.807, 2.05) is 37.3 Å². The highest BCUT2D eigenvalue weighted by Gasteiger charge is 2.34. The molecule has 0 saturated carbocycles. The van der Waals surface area contributed by atoms with Crippen molar-refractivity contribution in [3.63, 3.8) is 0 Å². The SMILES string of the molecule is CCOC(=O)C1=C(C)N=c2sc(=Cc3c(C)[nH]c4ccccc34)c(=O)n2C1c1cc(OC)c(OC)c(OC)c1. The quantitative estimate of drug-likeness (QED) is 0.355. The van der Waals surface area contributed by atoms with Crippen molar-refractivity contribution >= 4 is 34.3 Å².